The number of aryl methyl sites for hydroxylation is 1. The van der Waals surface area contributed by atoms with Gasteiger partial charge >= 0.3 is 0 Å². The van der Waals surface area contributed by atoms with E-state index in [0.717, 1.165) is 12.1 Å². The number of aromatic nitrogens is 2. The summed E-state index contributed by atoms with van der Waals surface area (Å²) in [5.74, 6) is 0. The second-order valence-corrected chi connectivity index (χ2v) is 4.24. The molecule has 2 rings (SSSR count). The maximum Gasteiger partial charge on any atom is 0.151 e. The Balaban J connectivity index is 2.76. The van der Waals surface area contributed by atoms with E-state index in [9.17, 15) is 0 Å². The van der Waals surface area contributed by atoms with Gasteiger partial charge in [0.2, 0.25) is 0 Å². The van der Waals surface area contributed by atoms with Gasteiger partial charge in [-0.2, -0.15) is 0 Å². The summed E-state index contributed by atoms with van der Waals surface area (Å²) >= 11 is 17.7. The lowest BCUT2D eigenvalue weighted by Gasteiger charge is -2.04. The Morgan fingerprint density at radius 1 is 1.00 bits per heavy atom. The topological polar surface area (TPSA) is 25.8 Å². The third-order valence-corrected chi connectivity index (χ3v) is 3.09. The molecule has 0 unspecified atom stereocenters. The van der Waals surface area contributed by atoms with E-state index in [1.54, 1.807) is 12.1 Å². The molecule has 0 saturated heterocycles. The van der Waals surface area contributed by atoms with Gasteiger partial charge in [0.05, 0.1) is 26.8 Å². The predicted molar refractivity (Wildman–Crippen MR) is 63.9 cm³/mol. The van der Waals surface area contributed by atoms with Crippen LogP contribution in [0.5, 0.6) is 0 Å². The highest BCUT2D eigenvalue weighted by Crippen LogP contribution is 2.27. The van der Waals surface area contributed by atoms with Gasteiger partial charge in [-0.1, -0.05) is 41.7 Å². The van der Waals surface area contributed by atoms with Gasteiger partial charge in [-0.3, -0.25) is 0 Å². The highest BCUT2D eigenvalue weighted by Gasteiger charge is 2.07. The fourth-order valence-corrected chi connectivity index (χ4v) is 1.87. The van der Waals surface area contributed by atoms with Gasteiger partial charge in [-0.25, -0.2) is 9.97 Å². The molecule has 0 aliphatic heterocycles. The van der Waals surface area contributed by atoms with Crippen molar-refractivity contribution < 1.29 is 0 Å². The van der Waals surface area contributed by atoms with E-state index >= 15 is 0 Å². The third kappa shape index (κ3) is 2.03. The van der Waals surface area contributed by atoms with E-state index < -0.39 is 0 Å². The van der Waals surface area contributed by atoms with Crippen LogP contribution >= 0.6 is 34.8 Å². The predicted octanol–water partition coefficient (Wildman–Crippen LogP) is 4.15. The molecule has 0 N–H and O–H groups in total. The van der Waals surface area contributed by atoms with Crippen LogP contribution < -0.4 is 0 Å². The Morgan fingerprint density at radius 3 is 2.07 bits per heavy atom. The fourth-order valence-electron chi connectivity index (χ4n) is 1.29. The van der Waals surface area contributed by atoms with Gasteiger partial charge in [0.25, 0.3) is 0 Å². The van der Waals surface area contributed by atoms with Crippen molar-refractivity contribution in [1.82, 2.24) is 9.97 Å². The summed E-state index contributed by atoms with van der Waals surface area (Å²) in [6.07, 6.45) is 0.738. The Morgan fingerprint density at radius 2 is 1.53 bits per heavy atom. The molecule has 0 saturated carbocycles. The van der Waals surface area contributed by atoms with Crippen molar-refractivity contribution in [3.05, 3.63) is 33.0 Å². The first kappa shape index (κ1) is 10.9. The molecule has 78 valence electrons. The summed E-state index contributed by atoms with van der Waals surface area (Å²) in [5, 5.41) is 1.35. The molecule has 0 aliphatic rings. The normalized spacial score (nSPS) is 10.9. The van der Waals surface area contributed by atoms with Crippen molar-refractivity contribution in [3.63, 3.8) is 0 Å². The van der Waals surface area contributed by atoms with Crippen LogP contribution in [0.2, 0.25) is 15.2 Å². The lowest BCUT2D eigenvalue weighted by atomic mass is 10.2. The zero-order valence-corrected chi connectivity index (χ0v) is 10.2. The number of fused-ring (bicyclic) bond motifs is 1. The maximum absolute atomic E-state index is 5.95. The van der Waals surface area contributed by atoms with E-state index in [0.29, 0.717) is 26.2 Å². The summed E-state index contributed by atoms with van der Waals surface area (Å²) in [7, 11) is 0. The van der Waals surface area contributed by atoms with Crippen LogP contribution in [0.1, 0.15) is 12.6 Å². The summed E-state index contributed by atoms with van der Waals surface area (Å²) in [5.41, 5.74) is 2.14. The SMILES string of the molecule is CCc1nc2cc(Cl)c(Cl)cc2nc1Cl. The van der Waals surface area contributed by atoms with Crippen LogP contribution in [0.15, 0.2) is 12.1 Å². The zero-order valence-electron chi connectivity index (χ0n) is 7.89. The van der Waals surface area contributed by atoms with Gasteiger partial charge < -0.3 is 0 Å². The second-order valence-electron chi connectivity index (χ2n) is 3.07. The van der Waals surface area contributed by atoms with E-state index in [2.05, 4.69) is 9.97 Å². The number of hydrogen-bond acceptors (Lipinski definition) is 2. The number of nitrogens with zero attached hydrogens (tertiary/aromatic N) is 2. The van der Waals surface area contributed by atoms with Crippen molar-refractivity contribution in [1.29, 1.82) is 0 Å². The monoisotopic (exact) mass is 260 g/mol. The lowest BCUT2D eigenvalue weighted by Crippen LogP contribution is -1.93. The van der Waals surface area contributed by atoms with Crippen molar-refractivity contribution in [3.8, 4) is 0 Å². The molecular weight excluding hydrogens is 254 g/mol. The largest absolute Gasteiger partial charge is 0.248 e. The molecule has 0 bridgehead atoms. The van der Waals surface area contributed by atoms with E-state index in [1.807, 2.05) is 6.92 Å². The molecule has 0 aliphatic carbocycles. The first-order chi connectivity index (χ1) is 7.11. The Hall–Kier alpha value is -0.570. The van der Waals surface area contributed by atoms with Crippen LogP contribution in [-0.4, -0.2) is 9.97 Å². The maximum atomic E-state index is 5.95. The van der Waals surface area contributed by atoms with Crippen molar-refractivity contribution >= 4 is 45.8 Å². The van der Waals surface area contributed by atoms with Gasteiger partial charge in [-0.15, -0.1) is 0 Å². The molecule has 15 heavy (non-hydrogen) atoms. The van der Waals surface area contributed by atoms with Gasteiger partial charge in [0.1, 0.15) is 0 Å². The fraction of sp³-hybridized carbons (Fsp3) is 0.200. The minimum atomic E-state index is 0.420. The van der Waals surface area contributed by atoms with E-state index in [-0.39, 0.29) is 0 Å². The van der Waals surface area contributed by atoms with Crippen LogP contribution in [0.25, 0.3) is 11.0 Å². The molecule has 0 fully saturated rings. The Kier molecular flexibility index (Phi) is 3.01. The highest BCUT2D eigenvalue weighted by atomic mass is 35.5. The molecule has 1 heterocycles. The van der Waals surface area contributed by atoms with Gasteiger partial charge in [-0.05, 0) is 18.6 Å². The molecule has 0 radical (unpaired) electrons. The van der Waals surface area contributed by atoms with Gasteiger partial charge in [0, 0.05) is 0 Å². The smallest absolute Gasteiger partial charge is 0.151 e. The van der Waals surface area contributed by atoms with Crippen LogP contribution in [0, 0.1) is 0 Å². The molecular formula is C10H7Cl3N2. The Bertz CT molecular complexity index is 526. The molecule has 5 heteroatoms. The van der Waals surface area contributed by atoms with Gasteiger partial charge in [0.15, 0.2) is 5.15 Å². The first-order valence-corrected chi connectivity index (χ1v) is 5.56. The third-order valence-electron chi connectivity index (χ3n) is 2.06. The summed E-state index contributed by atoms with van der Waals surface area (Å²) in [6.45, 7) is 1.97. The average molecular weight is 262 g/mol. The quantitative estimate of drug-likeness (QED) is 0.770. The Labute approximate surface area is 102 Å². The average Bonchev–Trinajstić information content (AvgIpc) is 2.20. The first-order valence-electron chi connectivity index (χ1n) is 4.43. The molecule has 0 atom stereocenters. The van der Waals surface area contributed by atoms with E-state index in [1.165, 1.54) is 0 Å². The molecule has 2 aromatic rings. The van der Waals surface area contributed by atoms with Crippen LogP contribution in [-0.2, 0) is 6.42 Å². The second kappa shape index (κ2) is 4.12. The number of halogens is 3. The van der Waals surface area contributed by atoms with Crippen molar-refractivity contribution in [2.75, 3.05) is 0 Å². The summed E-state index contributed by atoms with van der Waals surface area (Å²) < 4.78 is 0. The molecule has 2 nitrogen and oxygen atoms in total. The minimum absolute atomic E-state index is 0.420. The van der Waals surface area contributed by atoms with Crippen LogP contribution in [0.3, 0.4) is 0 Å². The van der Waals surface area contributed by atoms with Crippen molar-refractivity contribution in [2.45, 2.75) is 13.3 Å². The number of benzene rings is 1. The lowest BCUT2D eigenvalue weighted by molar-refractivity contribution is 1.03. The number of hydrogen-bond donors (Lipinski definition) is 0. The zero-order chi connectivity index (χ0) is 11.0. The van der Waals surface area contributed by atoms with Crippen LogP contribution in [0.4, 0.5) is 0 Å². The van der Waals surface area contributed by atoms with Crippen molar-refractivity contribution in [2.24, 2.45) is 0 Å². The minimum Gasteiger partial charge on any atom is -0.248 e. The molecule has 1 aromatic carbocycles. The summed E-state index contributed by atoms with van der Waals surface area (Å²) in [6, 6.07) is 3.36. The molecule has 0 spiro atoms. The molecule has 1 aromatic heterocycles. The highest BCUT2D eigenvalue weighted by molar-refractivity contribution is 6.42. The standard InChI is InChI=1S/C10H7Cl3N2/c1-2-7-10(13)15-9-4-6(12)5(11)3-8(9)14-7/h3-4H,2H2,1H3. The number of rotatable bonds is 1. The summed E-state index contributed by atoms with van der Waals surface area (Å²) in [4.78, 5) is 8.57. The van der Waals surface area contributed by atoms with E-state index in [4.69, 9.17) is 34.8 Å². The molecule has 0 amide bonds.